The maximum Gasteiger partial charge on any atom is 0.326 e. The monoisotopic (exact) mass is 458 g/mol. The summed E-state index contributed by atoms with van der Waals surface area (Å²) in [4.78, 5) is 62.8. The number of nitrogens with one attached hydrogen (secondary N) is 3. The standard InChI is InChI=1S/C18H34N8O6/c1-9(2)14(17(31)32)26-13(28)8-24-16(30)11(5-6-12(20)27)25-15(29)10(19)4-3-7-23-18(21)22/h9-11,14H,3-8,19H2,1-2H3,(H2,20,27)(H,24,30)(H,25,29)(H,26,28)(H,31,32)(H4,21,22,23). The molecule has 12 N–H and O–H groups in total. The minimum Gasteiger partial charge on any atom is -0.480 e. The van der Waals surface area contributed by atoms with E-state index in [2.05, 4.69) is 20.9 Å². The second kappa shape index (κ2) is 14.6. The van der Waals surface area contributed by atoms with Gasteiger partial charge in [0.2, 0.25) is 23.6 Å². The summed E-state index contributed by atoms with van der Waals surface area (Å²) in [5.74, 6) is -4.47. The van der Waals surface area contributed by atoms with Gasteiger partial charge in [-0.15, -0.1) is 0 Å². The average Bonchev–Trinajstić information content (AvgIpc) is 2.69. The van der Waals surface area contributed by atoms with Gasteiger partial charge in [-0.1, -0.05) is 13.8 Å². The van der Waals surface area contributed by atoms with Crippen LogP contribution in [0.5, 0.6) is 0 Å². The fraction of sp³-hybridized carbons (Fsp3) is 0.667. The van der Waals surface area contributed by atoms with Crippen LogP contribution in [0, 0.1) is 5.92 Å². The Morgan fingerprint density at radius 2 is 1.59 bits per heavy atom. The molecule has 0 heterocycles. The number of nitrogens with zero attached hydrogens (tertiary/aromatic N) is 1. The number of amides is 4. The summed E-state index contributed by atoms with van der Waals surface area (Å²) in [5.41, 5.74) is 21.3. The van der Waals surface area contributed by atoms with E-state index in [1.807, 2.05) is 0 Å². The van der Waals surface area contributed by atoms with Gasteiger partial charge in [0.15, 0.2) is 5.96 Å². The lowest BCUT2D eigenvalue weighted by Gasteiger charge is -2.21. The lowest BCUT2D eigenvalue weighted by Crippen LogP contribution is -2.54. The smallest absolute Gasteiger partial charge is 0.326 e. The molecule has 4 amide bonds. The van der Waals surface area contributed by atoms with Crippen LogP contribution in [0.25, 0.3) is 0 Å². The van der Waals surface area contributed by atoms with Gasteiger partial charge in [0.25, 0.3) is 0 Å². The van der Waals surface area contributed by atoms with Gasteiger partial charge in [-0.3, -0.25) is 24.2 Å². The van der Waals surface area contributed by atoms with Crippen LogP contribution in [-0.2, 0) is 24.0 Å². The van der Waals surface area contributed by atoms with Gasteiger partial charge in [-0.05, 0) is 25.2 Å². The summed E-state index contributed by atoms with van der Waals surface area (Å²) < 4.78 is 0. The van der Waals surface area contributed by atoms with Crippen LogP contribution in [0.15, 0.2) is 4.99 Å². The molecule has 0 radical (unpaired) electrons. The summed E-state index contributed by atoms with van der Waals surface area (Å²) in [5, 5.41) is 16.1. The Labute approximate surface area is 185 Å². The molecule has 0 aliphatic rings. The predicted molar refractivity (Wildman–Crippen MR) is 116 cm³/mol. The number of nitrogens with two attached hydrogens (primary N) is 4. The lowest BCUT2D eigenvalue weighted by molar-refractivity contribution is -0.143. The first-order valence-electron chi connectivity index (χ1n) is 10.0. The summed E-state index contributed by atoms with van der Waals surface area (Å²) in [6.45, 7) is 2.99. The maximum atomic E-state index is 12.4. The molecule has 0 aliphatic carbocycles. The summed E-state index contributed by atoms with van der Waals surface area (Å²) >= 11 is 0. The zero-order valence-corrected chi connectivity index (χ0v) is 18.3. The molecule has 0 rings (SSSR count). The third-order valence-corrected chi connectivity index (χ3v) is 4.29. The van der Waals surface area contributed by atoms with Crippen molar-refractivity contribution in [1.29, 1.82) is 0 Å². The fourth-order valence-electron chi connectivity index (χ4n) is 2.51. The molecule has 0 saturated carbocycles. The summed E-state index contributed by atoms with van der Waals surface area (Å²) in [6.07, 6.45) is 0.351. The van der Waals surface area contributed by atoms with E-state index >= 15 is 0 Å². The van der Waals surface area contributed by atoms with Crippen molar-refractivity contribution in [1.82, 2.24) is 16.0 Å². The molecule has 3 unspecified atom stereocenters. The second-order valence-corrected chi connectivity index (χ2v) is 7.47. The van der Waals surface area contributed by atoms with Crippen LogP contribution >= 0.6 is 0 Å². The normalized spacial score (nSPS) is 13.4. The fourth-order valence-corrected chi connectivity index (χ4v) is 2.51. The van der Waals surface area contributed by atoms with Crippen molar-refractivity contribution in [2.24, 2.45) is 33.8 Å². The Kier molecular flexibility index (Phi) is 13.0. The van der Waals surface area contributed by atoms with E-state index in [1.165, 1.54) is 0 Å². The molecule has 32 heavy (non-hydrogen) atoms. The van der Waals surface area contributed by atoms with Crippen molar-refractivity contribution < 1.29 is 29.1 Å². The van der Waals surface area contributed by atoms with E-state index in [0.29, 0.717) is 6.42 Å². The molecule has 14 heteroatoms. The van der Waals surface area contributed by atoms with Crippen molar-refractivity contribution in [3.8, 4) is 0 Å². The third-order valence-electron chi connectivity index (χ3n) is 4.29. The number of carboxylic acid groups (broad SMARTS) is 1. The maximum absolute atomic E-state index is 12.4. The third kappa shape index (κ3) is 12.3. The number of carbonyl (C=O) groups excluding carboxylic acids is 4. The highest BCUT2D eigenvalue weighted by Gasteiger charge is 2.26. The van der Waals surface area contributed by atoms with Gasteiger partial charge in [-0.25, -0.2) is 4.79 Å². The minimum absolute atomic E-state index is 0.0849. The first-order chi connectivity index (χ1) is 14.8. The predicted octanol–water partition coefficient (Wildman–Crippen LogP) is -3.54. The molecule has 14 nitrogen and oxygen atoms in total. The van der Waals surface area contributed by atoms with Gasteiger partial charge < -0.3 is 44.0 Å². The van der Waals surface area contributed by atoms with Crippen molar-refractivity contribution in [2.75, 3.05) is 13.1 Å². The lowest BCUT2D eigenvalue weighted by atomic mass is 10.0. The van der Waals surface area contributed by atoms with E-state index in [9.17, 15) is 24.0 Å². The Morgan fingerprint density at radius 1 is 0.969 bits per heavy atom. The van der Waals surface area contributed by atoms with E-state index in [-0.39, 0.29) is 37.7 Å². The number of guanidine groups is 1. The first-order valence-corrected chi connectivity index (χ1v) is 10.0. The Hall–Kier alpha value is -3.42. The van der Waals surface area contributed by atoms with Crippen molar-refractivity contribution >= 4 is 35.6 Å². The number of hydrogen-bond acceptors (Lipinski definition) is 7. The Morgan fingerprint density at radius 3 is 2.09 bits per heavy atom. The molecule has 182 valence electrons. The van der Waals surface area contributed by atoms with Crippen LogP contribution in [0.3, 0.4) is 0 Å². The van der Waals surface area contributed by atoms with Crippen LogP contribution < -0.4 is 38.9 Å². The van der Waals surface area contributed by atoms with Crippen LogP contribution in [0.1, 0.15) is 39.5 Å². The van der Waals surface area contributed by atoms with Crippen molar-refractivity contribution in [3.63, 3.8) is 0 Å². The quantitative estimate of drug-likeness (QED) is 0.0685. The number of aliphatic carboxylic acids is 1. The average molecular weight is 459 g/mol. The Bertz CT molecular complexity index is 708. The summed E-state index contributed by atoms with van der Waals surface area (Å²) in [7, 11) is 0. The summed E-state index contributed by atoms with van der Waals surface area (Å²) in [6, 6.07) is -3.26. The second-order valence-electron chi connectivity index (χ2n) is 7.47. The number of carbonyl (C=O) groups is 5. The van der Waals surface area contributed by atoms with E-state index in [4.69, 9.17) is 28.0 Å². The molecule has 3 atom stereocenters. The zero-order chi connectivity index (χ0) is 24.8. The number of hydrogen-bond donors (Lipinski definition) is 8. The molecule has 0 bridgehead atoms. The Balaban J connectivity index is 4.87. The van der Waals surface area contributed by atoms with Gasteiger partial charge in [0, 0.05) is 13.0 Å². The van der Waals surface area contributed by atoms with E-state index in [0.717, 1.165) is 0 Å². The molecule has 0 aromatic rings. The van der Waals surface area contributed by atoms with Crippen molar-refractivity contribution in [2.45, 2.75) is 57.7 Å². The highest BCUT2D eigenvalue weighted by molar-refractivity contribution is 5.93. The zero-order valence-electron chi connectivity index (χ0n) is 18.3. The highest BCUT2D eigenvalue weighted by atomic mass is 16.4. The van der Waals surface area contributed by atoms with Gasteiger partial charge in [0.1, 0.15) is 12.1 Å². The molecule has 0 aromatic heterocycles. The van der Waals surface area contributed by atoms with E-state index < -0.39 is 54.3 Å². The van der Waals surface area contributed by atoms with Crippen LogP contribution in [0.4, 0.5) is 0 Å². The van der Waals surface area contributed by atoms with E-state index in [1.54, 1.807) is 13.8 Å². The van der Waals surface area contributed by atoms with Gasteiger partial charge in [-0.2, -0.15) is 0 Å². The SMILES string of the molecule is CC(C)C(NC(=O)CNC(=O)C(CCC(N)=O)NC(=O)C(N)CCCN=C(N)N)C(=O)O. The van der Waals surface area contributed by atoms with Crippen LogP contribution in [-0.4, -0.2) is 71.9 Å². The molecular weight excluding hydrogens is 424 g/mol. The molecule has 0 spiro atoms. The van der Waals surface area contributed by atoms with Crippen LogP contribution in [0.2, 0.25) is 0 Å². The van der Waals surface area contributed by atoms with Crippen molar-refractivity contribution in [3.05, 3.63) is 0 Å². The largest absolute Gasteiger partial charge is 0.480 e. The van der Waals surface area contributed by atoms with Gasteiger partial charge in [0.05, 0.1) is 12.6 Å². The molecule has 0 fully saturated rings. The molecule has 0 aliphatic heterocycles. The number of aliphatic imine (C=N–C) groups is 1. The van der Waals surface area contributed by atoms with Gasteiger partial charge >= 0.3 is 5.97 Å². The first kappa shape index (κ1) is 28.6. The molecular formula is C18H34N8O6. The number of rotatable bonds is 15. The molecule has 0 aromatic carbocycles. The highest BCUT2D eigenvalue weighted by Crippen LogP contribution is 2.03. The number of primary amides is 1. The number of carboxylic acids is 1. The topological polar surface area (TPSA) is 258 Å². The molecule has 0 saturated heterocycles. The minimum atomic E-state index is -1.21.